The molecule has 1 spiro atoms. The summed E-state index contributed by atoms with van der Waals surface area (Å²) in [4.78, 5) is 14.2. The molecular formula is C28H30N6O2S. The third-order valence-electron chi connectivity index (χ3n) is 7.83. The molecule has 2 fully saturated rings. The Morgan fingerprint density at radius 2 is 1.95 bits per heavy atom. The third kappa shape index (κ3) is 4.41. The number of nitrogens with zero attached hydrogens (tertiary/aromatic N) is 4. The molecule has 0 saturated heterocycles. The van der Waals surface area contributed by atoms with Gasteiger partial charge in [-0.25, -0.2) is 18.4 Å². The summed E-state index contributed by atoms with van der Waals surface area (Å²) in [7, 11) is -1.42. The van der Waals surface area contributed by atoms with E-state index >= 15 is 0 Å². The minimum absolute atomic E-state index is 0.0443. The van der Waals surface area contributed by atoms with Gasteiger partial charge in [0.1, 0.15) is 10.9 Å². The number of nitrogens with one attached hydrogen (secondary N) is 2. The van der Waals surface area contributed by atoms with Crippen LogP contribution in [0.25, 0.3) is 28.1 Å². The first-order valence-corrected chi connectivity index (χ1v) is 14.4. The SMILES string of the molecule is C[C@@H]1C=C(c2cnc(-c3cccc(-c4ccn(C)c4)c3)nc2NC2CC23CC(C(=N)S(C)(=O)=O)C3)C=N1. The average molecular weight is 515 g/mol. The maximum atomic E-state index is 11.8. The Morgan fingerprint density at radius 1 is 1.16 bits per heavy atom. The highest BCUT2D eigenvalue weighted by Crippen LogP contribution is 2.64. The van der Waals surface area contributed by atoms with Gasteiger partial charge in [-0.2, -0.15) is 0 Å². The van der Waals surface area contributed by atoms with E-state index in [1.165, 1.54) is 0 Å². The standard InChI is InChI=1S/C28H30N6O2S/c1-17-9-21(14-30-17)23-15-31-26(19-6-4-5-18(10-19)20-7-8-34(2)16-20)33-27(23)32-24-13-28(24)11-22(12-28)25(29)37(3,35)36/h4-10,14-17,22,24,29H,11-13H2,1-3H3,(H,31,32,33)/t17-,22?,24?,28?/m1/s1. The van der Waals surface area contributed by atoms with Gasteiger partial charge in [-0.1, -0.05) is 24.3 Å². The smallest absolute Gasteiger partial charge is 0.188 e. The predicted octanol–water partition coefficient (Wildman–Crippen LogP) is 4.61. The van der Waals surface area contributed by atoms with Crippen LogP contribution in [0, 0.1) is 16.7 Å². The molecule has 1 aromatic carbocycles. The van der Waals surface area contributed by atoms with Crippen molar-refractivity contribution < 1.29 is 8.42 Å². The average Bonchev–Trinajstić information content (AvgIpc) is 3.13. The van der Waals surface area contributed by atoms with Crippen molar-refractivity contribution >= 4 is 32.5 Å². The minimum Gasteiger partial charge on any atom is -0.366 e. The molecule has 1 unspecified atom stereocenters. The first kappa shape index (κ1) is 23.8. The highest BCUT2D eigenvalue weighted by atomic mass is 32.2. The molecule has 3 heterocycles. The summed E-state index contributed by atoms with van der Waals surface area (Å²) < 4.78 is 25.6. The quantitative estimate of drug-likeness (QED) is 0.368. The highest BCUT2D eigenvalue weighted by molar-refractivity contribution is 8.05. The van der Waals surface area contributed by atoms with E-state index in [0.29, 0.717) is 5.82 Å². The van der Waals surface area contributed by atoms with Crippen LogP contribution in [0.15, 0.2) is 60.0 Å². The molecule has 2 aliphatic carbocycles. The first-order valence-electron chi connectivity index (χ1n) is 12.5. The van der Waals surface area contributed by atoms with E-state index in [2.05, 4.69) is 40.8 Å². The molecule has 0 bridgehead atoms. The van der Waals surface area contributed by atoms with E-state index < -0.39 is 9.84 Å². The summed E-state index contributed by atoms with van der Waals surface area (Å²) in [5.41, 5.74) is 5.14. The molecule has 3 aliphatic rings. The second-order valence-electron chi connectivity index (χ2n) is 10.7. The number of benzene rings is 1. The molecule has 0 radical (unpaired) electrons. The van der Waals surface area contributed by atoms with Gasteiger partial charge in [0.25, 0.3) is 0 Å². The third-order valence-corrected chi connectivity index (χ3v) is 8.96. The fourth-order valence-corrected chi connectivity index (χ4v) is 6.41. The zero-order chi connectivity index (χ0) is 25.9. The van der Waals surface area contributed by atoms with Crippen LogP contribution in [-0.2, 0) is 16.9 Å². The number of aryl methyl sites for hydroxylation is 1. The molecule has 0 amide bonds. The maximum absolute atomic E-state index is 11.8. The van der Waals surface area contributed by atoms with Crippen LogP contribution in [0.5, 0.6) is 0 Å². The zero-order valence-corrected chi connectivity index (χ0v) is 22.0. The van der Waals surface area contributed by atoms with Gasteiger partial charge in [-0.3, -0.25) is 10.4 Å². The fourth-order valence-electron chi connectivity index (χ4n) is 5.63. The number of aliphatic imine (C=N–C) groups is 1. The highest BCUT2D eigenvalue weighted by Gasteiger charge is 2.63. The molecule has 2 saturated carbocycles. The maximum Gasteiger partial charge on any atom is 0.188 e. The van der Waals surface area contributed by atoms with Gasteiger partial charge in [0.15, 0.2) is 15.7 Å². The van der Waals surface area contributed by atoms with Crippen molar-refractivity contribution in [3.63, 3.8) is 0 Å². The second-order valence-corrected chi connectivity index (χ2v) is 12.7. The lowest BCUT2D eigenvalue weighted by Crippen LogP contribution is -2.38. The lowest BCUT2D eigenvalue weighted by molar-refractivity contribution is 0.226. The second kappa shape index (κ2) is 8.48. The lowest BCUT2D eigenvalue weighted by atomic mass is 9.72. The number of hydrogen-bond acceptors (Lipinski definition) is 7. The van der Waals surface area contributed by atoms with Crippen LogP contribution in [0.4, 0.5) is 5.82 Å². The molecule has 6 rings (SSSR count). The molecular weight excluding hydrogens is 484 g/mol. The van der Waals surface area contributed by atoms with Gasteiger partial charge in [-0.05, 0) is 54.9 Å². The lowest BCUT2D eigenvalue weighted by Gasteiger charge is -2.36. The summed E-state index contributed by atoms with van der Waals surface area (Å²) >= 11 is 0. The van der Waals surface area contributed by atoms with E-state index in [0.717, 1.165) is 59.2 Å². The van der Waals surface area contributed by atoms with Crippen molar-refractivity contribution in [3.8, 4) is 22.5 Å². The minimum atomic E-state index is -3.42. The van der Waals surface area contributed by atoms with Crippen LogP contribution >= 0.6 is 0 Å². The van der Waals surface area contributed by atoms with Crippen molar-refractivity contribution in [2.45, 2.75) is 38.3 Å². The molecule has 1 aliphatic heterocycles. The first-order chi connectivity index (χ1) is 17.6. The Kier molecular flexibility index (Phi) is 5.45. The number of sulfone groups is 1. The summed E-state index contributed by atoms with van der Waals surface area (Å²) in [5, 5.41) is 11.5. The van der Waals surface area contributed by atoms with Crippen molar-refractivity contribution in [1.82, 2.24) is 14.5 Å². The Balaban J connectivity index is 1.28. The predicted molar refractivity (Wildman–Crippen MR) is 148 cm³/mol. The number of aromatic nitrogens is 3. The molecule has 37 heavy (non-hydrogen) atoms. The van der Waals surface area contributed by atoms with Crippen molar-refractivity contribution in [1.29, 1.82) is 5.41 Å². The Labute approximate surface area is 217 Å². The van der Waals surface area contributed by atoms with E-state index in [1.807, 2.05) is 49.3 Å². The van der Waals surface area contributed by atoms with Gasteiger partial charge < -0.3 is 9.88 Å². The van der Waals surface area contributed by atoms with Gasteiger partial charge in [0.2, 0.25) is 0 Å². The molecule has 190 valence electrons. The number of allylic oxidation sites excluding steroid dienone is 1. The van der Waals surface area contributed by atoms with Crippen molar-refractivity contribution in [3.05, 3.63) is 60.6 Å². The molecule has 2 aromatic heterocycles. The number of rotatable bonds is 6. The Hall–Kier alpha value is -3.59. The van der Waals surface area contributed by atoms with E-state index in [1.54, 1.807) is 0 Å². The van der Waals surface area contributed by atoms with Gasteiger partial charge in [0.05, 0.1) is 6.04 Å². The van der Waals surface area contributed by atoms with E-state index in [9.17, 15) is 8.42 Å². The van der Waals surface area contributed by atoms with Crippen molar-refractivity contribution in [2.75, 3.05) is 11.6 Å². The summed E-state index contributed by atoms with van der Waals surface area (Å²) in [6.45, 7) is 2.04. The van der Waals surface area contributed by atoms with Crippen LogP contribution in [-0.4, -0.2) is 52.6 Å². The van der Waals surface area contributed by atoms with E-state index in [-0.39, 0.29) is 28.5 Å². The molecule has 8 nitrogen and oxygen atoms in total. The topological polar surface area (TPSA) is 113 Å². The largest absolute Gasteiger partial charge is 0.366 e. The molecule has 2 N–H and O–H groups in total. The number of anilines is 1. The fraction of sp³-hybridized carbons (Fsp3) is 0.357. The van der Waals surface area contributed by atoms with Gasteiger partial charge in [0, 0.05) is 66.8 Å². The zero-order valence-electron chi connectivity index (χ0n) is 21.1. The van der Waals surface area contributed by atoms with E-state index in [4.69, 9.17) is 15.4 Å². The Bertz CT molecular complexity index is 1580. The van der Waals surface area contributed by atoms with Gasteiger partial charge in [-0.15, -0.1) is 0 Å². The summed E-state index contributed by atoms with van der Waals surface area (Å²) in [5.74, 6) is 1.24. The van der Waals surface area contributed by atoms with Crippen LogP contribution in [0.1, 0.15) is 31.7 Å². The molecule has 2 atom stereocenters. The molecule has 3 aromatic rings. The van der Waals surface area contributed by atoms with Gasteiger partial charge >= 0.3 is 0 Å². The van der Waals surface area contributed by atoms with Crippen LogP contribution in [0.2, 0.25) is 0 Å². The summed E-state index contributed by atoms with van der Waals surface area (Å²) in [6, 6.07) is 10.6. The normalized spacial score (nSPS) is 26.1. The van der Waals surface area contributed by atoms with Crippen molar-refractivity contribution in [2.24, 2.45) is 23.4 Å². The Morgan fingerprint density at radius 3 is 2.62 bits per heavy atom. The van der Waals surface area contributed by atoms with Crippen LogP contribution < -0.4 is 5.32 Å². The van der Waals surface area contributed by atoms with Crippen LogP contribution in [0.3, 0.4) is 0 Å². The summed E-state index contributed by atoms with van der Waals surface area (Å²) in [6.07, 6.45) is 13.5. The molecule has 9 heteroatoms. The monoisotopic (exact) mass is 514 g/mol. The number of hydrogen-bond donors (Lipinski definition) is 2.